The van der Waals surface area contributed by atoms with Crippen LogP contribution in [0.15, 0.2) is 78.4 Å². The average molecular weight is 486 g/mol. The number of ketones is 1. The molecule has 3 aromatic carbocycles. The molecule has 0 bridgehead atoms. The highest BCUT2D eigenvalue weighted by Gasteiger charge is 2.45. The zero-order chi connectivity index (χ0) is 25.7. The Morgan fingerprint density at radius 3 is 2.42 bits per heavy atom. The summed E-state index contributed by atoms with van der Waals surface area (Å²) in [4.78, 5) is 27.6. The van der Waals surface area contributed by atoms with E-state index < -0.39 is 17.7 Å². The summed E-state index contributed by atoms with van der Waals surface area (Å²) >= 11 is 0. The highest BCUT2D eigenvalue weighted by atomic mass is 16.5. The smallest absolute Gasteiger partial charge is 0.295 e. The Morgan fingerprint density at radius 2 is 1.72 bits per heavy atom. The van der Waals surface area contributed by atoms with Crippen molar-refractivity contribution in [2.24, 2.45) is 0 Å². The molecular weight excluding hydrogens is 454 g/mol. The Kier molecular flexibility index (Phi) is 7.74. The molecule has 6 heteroatoms. The normalized spacial score (nSPS) is 16.9. The number of carbonyl (C=O) groups excluding carboxylic acids is 2. The average Bonchev–Trinajstić information content (AvgIpc) is 3.14. The number of aliphatic hydroxyl groups is 1. The number of nitrogens with zero attached hydrogens (tertiary/aromatic N) is 1. The Hall–Kier alpha value is -4.06. The van der Waals surface area contributed by atoms with Crippen molar-refractivity contribution in [2.45, 2.75) is 39.8 Å². The van der Waals surface area contributed by atoms with Crippen LogP contribution in [0.3, 0.4) is 0 Å². The lowest BCUT2D eigenvalue weighted by atomic mass is 9.94. The van der Waals surface area contributed by atoms with E-state index in [2.05, 4.69) is 0 Å². The molecule has 1 unspecified atom stereocenters. The zero-order valence-electron chi connectivity index (χ0n) is 20.9. The molecule has 1 N–H and O–H groups in total. The third kappa shape index (κ3) is 5.13. The number of hydrogen-bond acceptors (Lipinski definition) is 5. The molecule has 186 valence electrons. The van der Waals surface area contributed by atoms with Gasteiger partial charge in [-0.25, -0.2) is 0 Å². The summed E-state index contributed by atoms with van der Waals surface area (Å²) in [7, 11) is 0. The van der Waals surface area contributed by atoms with E-state index in [9.17, 15) is 14.7 Å². The fourth-order valence-corrected chi connectivity index (χ4v) is 4.49. The van der Waals surface area contributed by atoms with Gasteiger partial charge in [0.1, 0.15) is 23.9 Å². The molecule has 4 rings (SSSR count). The highest BCUT2D eigenvalue weighted by molar-refractivity contribution is 6.46. The summed E-state index contributed by atoms with van der Waals surface area (Å²) in [5.74, 6) is -0.160. The first kappa shape index (κ1) is 25.0. The lowest BCUT2D eigenvalue weighted by Crippen LogP contribution is -2.30. The Labute approximate surface area is 211 Å². The second kappa shape index (κ2) is 11.1. The van der Waals surface area contributed by atoms with Gasteiger partial charge in [-0.2, -0.15) is 0 Å². The number of aliphatic hydroxyl groups excluding tert-OH is 1. The number of ether oxygens (including phenoxy) is 2. The quantitative estimate of drug-likeness (QED) is 0.235. The molecule has 36 heavy (non-hydrogen) atoms. The van der Waals surface area contributed by atoms with Crippen LogP contribution >= 0.6 is 0 Å². The van der Waals surface area contributed by atoms with Crippen LogP contribution in [0.4, 0.5) is 0 Å². The van der Waals surface area contributed by atoms with E-state index in [1.54, 1.807) is 18.2 Å². The molecule has 1 atom stereocenters. The third-order valence-electron chi connectivity index (χ3n) is 6.17. The van der Waals surface area contributed by atoms with Gasteiger partial charge in [-0.1, -0.05) is 49.4 Å². The van der Waals surface area contributed by atoms with Crippen LogP contribution in [0.1, 0.15) is 48.6 Å². The molecule has 1 amide bonds. The van der Waals surface area contributed by atoms with E-state index in [1.807, 2.05) is 75.4 Å². The van der Waals surface area contributed by atoms with Crippen LogP contribution in [-0.2, 0) is 16.2 Å². The van der Waals surface area contributed by atoms with Crippen molar-refractivity contribution in [3.05, 3.63) is 101 Å². The van der Waals surface area contributed by atoms with Crippen LogP contribution in [0.5, 0.6) is 11.5 Å². The predicted octanol–water partition coefficient (Wildman–Crippen LogP) is 5.80. The van der Waals surface area contributed by atoms with Crippen LogP contribution < -0.4 is 9.47 Å². The molecule has 1 heterocycles. The highest BCUT2D eigenvalue weighted by Crippen LogP contribution is 2.40. The van der Waals surface area contributed by atoms with Gasteiger partial charge in [-0.05, 0) is 67.3 Å². The molecule has 0 saturated carbocycles. The second-order valence-corrected chi connectivity index (χ2v) is 8.75. The van der Waals surface area contributed by atoms with E-state index in [0.717, 1.165) is 16.7 Å². The molecular formula is C30H31NO5. The van der Waals surface area contributed by atoms with Crippen molar-refractivity contribution in [1.82, 2.24) is 4.90 Å². The van der Waals surface area contributed by atoms with Gasteiger partial charge in [0.05, 0.1) is 18.2 Å². The van der Waals surface area contributed by atoms with Gasteiger partial charge >= 0.3 is 0 Å². The molecule has 0 aliphatic carbocycles. The predicted molar refractivity (Wildman–Crippen MR) is 139 cm³/mol. The topological polar surface area (TPSA) is 76.1 Å². The second-order valence-electron chi connectivity index (χ2n) is 8.75. The minimum atomic E-state index is -0.695. The van der Waals surface area contributed by atoms with E-state index in [0.29, 0.717) is 43.2 Å². The first-order chi connectivity index (χ1) is 17.4. The van der Waals surface area contributed by atoms with Gasteiger partial charge in [0, 0.05) is 12.1 Å². The SMILES string of the molecule is CCCN1C(=O)C(=O)/C(=C(/O)c2ccc(OCc3ccccc3)c(C)c2)C1c1cccc(OCC)c1. The molecule has 1 aliphatic rings. The van der Waals surface area contributed by atoms with Gasteiger partial charge in [-0.15, -0.1) is 0 Å². The Bertz CT molecular complexity index is 1280. The maximum Gasteiger partial charge on any atom is 0.295 e. The fraction of sp³-hybridized carbons (Fsp3) is 0.267. The zero-order valence-corrected chi connectivity index (χ0v) is 20.9. The monoisotopic (exact) mass is 485 g/mol. The van der Waals surface area contributed by atoms with Gasteiger partial charge in [0.15, 0.2) is 0 Å². The molecule has 0 spiro atoms. The van der Waals surface area contributed by atoms with E-state index in [4.69, 9.17) is 9.47 Å². The van der Waals surface area contributed by atoms with Crippen LogP contribution in [0, 0.1) is 6.92 Å². The molecule has 1 saturated heterocycles. The van der Waals surface area contributed by atoms with Crippen molar-refractivity contribution in [2.75, 3.05) is 13.2 Å². The van der Waals surface area contributed by atoms with Gasteiger partial charge in [0.25, 0.3) is 11.7 Å². The summed E-state index contributed by atoms with van der Waals surface area (Å²) in [6.45, 7) is 7.05. The Morgan fingerprint density at radius 1 is 0.944 bits per heavy atom. The Balaban J connectivity index is 1.71. The minimum absolute atomic E-state index is 0.0828. The first-order valence-corrected chi connectivity index (χ1v) is 12.2. The molecule has 1 aliphatic heterocycles. The molecule has 6 nitrogen and oxygen atoms in total. The van der Waals surface area contributed by atoms with Gasteiger partial charge in [0.2, 0.25) is 0 Å². The van der Waals surface area contributed by atoms with Gasteiger partial charge < -0.3 is 19.5 Å². The summed E-state index contributed by atoms with van der Waals surface area (Å²) in [6, 6.07) is 21.8. The van der Waals surface area contributed by atoms with Crippen molar-refractivity contribution in [1.29, 1.82) is 0 Å². The maximum atomic E-state index is 13.1. The summed E-state index contributed by atoms with van der Waals surface area (Å²) < 4.78 is 11.6. The summed E-state index contributed by atoms with van der Waals surface area (Å²) in [6.07, 6.45) is 0.682. The molecule has 0 aromatic heterocycles. The number of aryl methyl sites for hydroxylation is 1. The number of rotatable bonds is 9. The number of amides is 1. The lowest BCUT2D eigenvalue weighted by Gasteiger charge is -2.25. The molecule has 0 radical (unpaired) electrons. The van der Waals surface area contributed by atoms with Crippen molar-refractivity contribution >= 4 is 17.4 Å². The van der Waals surface area contributed by atoms with Gasteiger partial charge in [-0.3, -0.25) is 9.59 Å². The van der Waals surface area contributed by atoms with E-state index in [1.165, 1.54) is 4.90 Å². The molecule has 1 fully saturated rings. The fourth-order valence-electron chi connectivity index (χ4n) is 4.49. The standard InChI is InChI=1S/C30H31NO5/c1-4-16-31-27(22-12-9-13-24(18-22)35-5-2)26(29(33)30(31)34)28(32)23-14-15-25(20(3)17-23)36-19-21-10-7-6-8-11-21/h6-15,17-18,27,32H,4-5,16,19H2,1-3H3/b28-26+. The lowest BCUT2D eigenvalue weighted by molar-refractivity contribution is -0.139. The number of benzene rings is 3. The van der Waals surface area contributed by atoms with Crippen molar-refractivity contribution in [3.63, 3.8) is 0 Å². The number of likely N-dealkylation sites (tertiary alicyclic amines) is 1. The first-order valence-electron chi connectivity index (χ1n) is 12.2. The van der Waals surface area contributed by atoms with Crippen molar-refractivity contribution in [3.8, 4) is 11.5 Å². The minimum Gasteiger partial charge on any atom is -0.507 e. The van der Waals surface area contributed by atoms with E-state index in [-0.39, 0.29) is 11.3 Å². The van der Waals surface area contributed by atoms with Crippen LogP contribution in [0.25, 0.3) is 5.76 Å². The van der Waals surface area contributed by atoms with E-state index >= 15 is 0 Å². The largest absolute Gasteiger partial charge is 0.507 e. The number of carbonyl (C=O) groups is 2. The van der Waals surface area contributed by atoms with Crippen LogP contribution in [0.2, 0.25) is 0 Å². The number of Topliss-reactive ketones (excluding diaryl/α,β-unsaturated/α-hetero) is 1. The summed E-state index contributed by atoms with van der Waals surface area (Å²) in [5.41, 5.74) is 3.12. The van der Waals surface area contributed by atoms with Crippen LogP contribution in [-0.4, -0.2) is 34.8 Å². The van der Waals surface area contributed by atoms with Crippen molar-refractivity contribution < 1.29 is 24.2 Å². The number of hydrogen-bond donors (Lipinski definition) is 1. The summed E-state index contributed by atoms with van der Waals surface area (Å²) in [5, 5.41) is 11.3. The third-order valence-corrected chi connectivity index (χ3v) is 6.17. The molecule has 3 aromatic rings. The maximum absolute atomic E-state index is 13.1.